The lowest BCUT2D eigenvalue weighted by atomic mass is 9.86. The molecule has 20 heavy (non-hydrogen) atoms. The number of hydrogen-bond donors (Lipinski definition) is 1. The monoisotopic (exact) mass is 271 g/mol. The molecule has 106 valence electrons. The zero-order valence-corrected chi connectivity index (χ0v) is 12.0. The van der Waals surface area contributed by atoms with Gasteiger partial charge in [-0.05, 0) is 37.3 Å². The number of rotatable bonds is 3. The number of nitrogens with two attached hydrogens (primary N) is 1. The molecule has 0 saturated heterocycles. The molecule has 0 fully saturated rings. The Kier molecular flexibility index (Phi) is 3.49. The van der Waals surface area contributed by atoms with Gasteiger partial charge >= 0.3 is 0 Å². The van der Waals surface area contributed by atoms with Crippen LogP contribution in [0.25, 0.3) is 0 Å². The lowest BCUT2D eigenvalue weighted by molar-refractivity contribution is 0.259. The number of aromatic nitrogens is 2. The minimum Gasteiger partial charge on any atom is -0.493 e. The normalized spacial score (nSPS) is 19.2. The zero-order valence-electron chi connectivity index (χ0n) is 12.0. The third-order valence-corrected chi connectivity index (χ3v) is 4.29. The average molecular weight is 271 g/mol. The highest BCUT2D eigenvalue weighted by Gasteiger charge is 2.24. The third-order valence-electron chi connectivity index (χ3n) is 4.29. The summed E-state index contributed by atoms with van der Waals surface area (Å²) in [6.07, 6.45) is 3.86. The van der Waals surface area contributed by atoms with Gasteiger partial charge in [0.15, 0.2) is 0 Å². The summed E-state index contributed by atoms with van der Waals surface area (Å²) in [5.41, 5.74) is 9.99. The molecule has 0 amide bonds. The van der Waals surface area contributed by atoms with E-state index in [2.05, 4.69) is 24.2 Å². The van der Waals surface area contributed by atoms with E-state index in [0.29, 0.717) is 5.92 Å². The van der Waals surface area contributed by atoms with E-state index < -0.39 is 0 Å². The van der Waals surface area contributed by atoms with Crippen molar-refractivity contribution in [2.24, 2.45) is 12.8 Å². The van der Waals surface area contributed by atoms with Crippen LogP contribution in [0.2, 0.25) is 0 Å². The first kappa shape index (κ1) is 13.2. The maximum absolute atomic E-state index is 6.40. The molecule has 0 saturated carbocycles. The Bertz CT molecular complexity index is 606. The highest BCUT2D eigenvalue weighted by molar-refractivity contribution is 5.38. The van der Waals surface area contributed by atoms with Gasteiger partial charge in [-0.2, -0.15) is 5.10 Å². The van der Waals surface area contributed by atoms with Crippen LogP contribution >= 0.6 is 0 Å². The van der Waals surface area contributed by atoms with Gasteiger partial charge < -0.3 is 10.5 Å². The Morgan fingerprint density at radius 1 is 1.45 bits per heavy atom. The fourth-order valence-electron chi connectivity index (χ4n) is 2.97. The van der Waals surface area contributed by atoms with Crippen molar-refractivity contribution in [2.75, 3.05) is 6.61 Å². The molecule has 2 heterocycles. The summed E-state index contributed by atoms with van der Waals surface area (Å²) in [6.45, 7) is 2.85. The molecular weight excluding hydrogens is 250 g/mol. The summed E-state index contributed by atoms with van der Waals surface area (Å²) in [6, 6.07) is 8.32. The van der Waals surface area contributed by atoms with Gasteiger partial charge in [0.2, 0.25) is 0 Å². The predicted octanol–water partition coefficient (Wildman–Crippen LogP) is 2.68. The number of hydrogen-bond acceptors (Lipinski definition) is 3. The van der Waals surface area contributed by atoms with E-state index in [4.69, 9.17) is 10.5 Å². The zero-order chi connectivity index (χ0) is 14.1. The highest BCUT2D eigenvalue weighted by Crippen LogP contribution is 2.38. The van der Waals surface area contributed by atoms with Crippen LogP contribution in [0.4, 0.5) is 0 Å². The molecule has 2 N–H and O–H groups in total. The first-order valence-electron chi connectivity index (χ1n) is 7.12. The second-order valence-corrected chi connectivity index (χ2v) is 5.52. The molecule has 2 unspecified atom stereocenters. The van der Waals surface area contributed by atoms with E-state index >= 15 is 0 Å². The van der Waals surface area contributed by atoms with Crippen molar-refractivity contribution in [1.82, 2.24) is 9.78 Å². The molecule has 1 aliphatic heterocycles. The lowest BCUT2D eigenvalue weighted by Gasteiger charge is -2.27. The molecule has 4 nitrogen and oxygen atoms in total. The Hall–Kier alpha value is -1.81. The van der Waals surface area contributed by atoms with Crippen LogP contribution in [0.15, 0.2) is 30.5 Å². The smallest absolute Gasteiger partial charge is 0.122 e. The minimum absolute atomic E-state index is 0.0276. The first-order chi connectivity index (χ1) is 9.66. The van der Waals surface area contributed by atoms with Crippen LogP contribution in [-0.2, 0) is 7.05 Å². The van der Waals surface area contributed by atoms with Crippen LogP contribution in [-0.4, -0.2) is 16.4 Å². The van der Waals surface area contributed by atoms with E-state index in [1.807, 2.05) is 30.1 Å². The molecule has 0 spiro atoms. The molecule has 1 aromatic carbocycles. The van der Waals surface area contributed by atoms with Gasteiger partial charge in [0, 0.05) is 24.3 Å². The summed E-state index contributed by atoms with van der Waals surface area (Å²) in [7, 11) is 1.95. The van der Waals surface area contributed by atoms with E-state index in [-0.39, 0.29) is 6.04 Å². The standard InChI is InChI=1S/C16H21N3O/c1-11-14(10-18-19(11)2)15(17)9-12-7-8-20-16-6-4-3-5-13(12)16/h3-6,10,12,15H,7-9,17H2,1-2H3. The molecule has 1 aliphatic rings. The van der Waals surface area contributed by atoms with Gasteiger partial charge in [-0.3, -0.25) is 4.68 Å². The Balaban J connectivity index is 1.80. The minimum atomic E-state index is 0.0276. The van der Waals surface area contributed by atoms with Crippen LogP contribution in [0.1, 0.15) is 41.6 Å². The summed E-state index contributed by atoms with van der Waals surface area (Å²) < 4.78 is 7.59. The Morgan fingerprint density at radius 3 is 3.00 bits per heavy atom. The maximum atomic E-state index is 6.40. The van der Waals surface area contributed by atoms with E-state index in [1.165, 1.54) is 5.56 Å². The summed E-state index contributed by atoms with van der Waals surface area (Å²) in [5.74, 6) is 1.48. The molecule has 0 radical (unpaired) electrons. The Labute approximate surface area is 119 Å². The fourth-order valence-corrected chi connectivity index (χ4v) is 2.97. The summed E-state index contributed by atoms with van der Waals surface area (Å²) in [5, 5.41) is 4.29. The number of fused-ring (bicyclic) bond motifs is 1. The molecular formula is C16H21N3O. The quantitative estimate of drug-likeness (QED) is 0.933. The van der Waals surface area contributed by atoms with Crippen molar-refractivity contribution in [3.8, 4) is 5.75 Å². The number of ether oxygens (including phenoxy) is 1. The fraction of sp³-hybridized carbons (Fsp3) is 0.438. The molecule has 3 rings (SSSR count). The largest absolute Gasteiger partial charge is 0.493 e. The van der Waals surface area contributed by atoms with Crippen molar-refractivity contribution in [2.45, 2.75) is 31.7 Å². The number of nitrogens with zero attached hydrogens (tertiary/aromatic N) is 2. The van der Waals surface area contributed by atoms with Gasteiger partial charge in [0.05, 0.1) is 12.8 Å². The predicted molar refractivity (Wildman–Crippen MR) is 78.8 cm³/mol. The second kappa shape index (κ2) is 5.29. The van der Waals surface area contributed by atoms with Gasteiger partial charge in [-0.1, -0.05) is 18.2 Å². The molecule has 1 aromatic heterocycles. The van der Waals surface area contributed by atoms with Gasteiger partial charge in [-0.25, -0.2) is 0 Å². The second-order valence-electron chi connectivity index (χ2n) is 5.52. The Morgan fingerprint density at radius 2 is 2.25 bits per heavy atom. The van der Waals surface area contributed by atoms with Crippen molar-refractivity contribution in [3.63, 3.8) is 0 Å². The molecule has 0 aliphatic carbocycles. The first-order valence-corrected chi connectivity index (χ1v) is 7.12. The van der Waals surface area contributed by atoms with E-state index in [1.54, 1.807) is 0 Å². The molecule has 2 aromatic rings. The van der Waals surface area contributed by atoms with Crippen molar-refractivity contribution in [1.29, 1.82) is 0 Å². The average Bonchev–Trinajstić information content (AvgIpc) is 2.79. The van der Waals surface area contributed by atoms with Crippen LogP contribution in [0.3, 0.4) is 0 Å². The lowest BCUT2D eigenvalue weighted by Crippen LogP contribution is -2.20. The highest BCUT2D eigenvalue weighted by atomic mass is 16.5. The number of para-hydroxylation sites is 1. The van der Waals surface area contributed by atoms with Gasteiger partial charge in [0.25, 0.3) is 0 Å². The van der Waals surface area contributed by atoms with E-state index in [0.717, 1.165) is 36.5 Å². The van der Waals surface area contributed by atoms with Crippen molar-refractivity contribution >= 4 is 0 Å². The van der Waals surface area contributed by atoms with Crippen LogP contribution in [0.5, 0.6) is 5.75 Å². The summed E-state index contributed by atoms with van der Waals surface area (Å²) >= 11 is 0. The third kappa shape index (κ3) is 2.31. The molecule has 4 heteroatoms. The number of benzene rings is 1. The van der Waals surface area contributed by atoms with Gasteiger partial charge in [-0.15, -0.1) is 0 Å². The number of aryl methyl sites for hydroxylation is 1. The maximum Gasteiger partial charge on any atom is 0.122 e. The van der Waals surface area contributed by atoms with Crippen LogP contribution in [0, 0.1) is 6.92 Å². The van der Waals surface area contributed by atoms with Crippen LogP contribution < -0.4 is 10.5 Å². The summed E-state index contributed by atoms with van der Waals surface area (Å²) in [4.78, 5) is 0. The van der Waals surface area contributed by atoms with Crippen molar-refractivity contribution < 1.29 is 4.74 Å². The van der Waals surface area contributed by atoms with Gasteiger partial charge in [0.1, 0.15) is 5.75 Å². The SMILES string of the molecule is Cc1c(C(N)CC2CCOc3ccccc32)cnn1C. The molecule has 0 bridgehead atoms. The molecule has 2 atom stereocenters. The van der Waals surface area contributed by atoms with E-state index in [9.17, 15) is 0 Å². The topological polar surface area (TPSA) is 53.1 Å². The van der Waals surface area contributed by atoms with Crippen molar-refractivity contribution in [3.05, 3.63) is 47.3 Å².